The third-order valence-corrected chi connectivity index (χ3v) is 4.68. The van der Waals surface area contributed by atoms with Gasteiger partial charge in [0, 0.05) is 47.4 Å². The highest BCUT2D eigenvalue weighted by Crippen LogP contribution is 2.49. The summed E-state index contributed by atoms with van der Waals surface area (Å²) in [5.74, 6) is 0.224. The third-order valence-electron chi connectivity index (χ3n) is 4.68. The van der Waals surface area contributed by atoms with Crippen LogP contribution in [0.3, 0.4) is 0 Å². The van der Waals surface area contributed by atoms with Gasteiger partial charge in [-0.15, -0.1) is 0 Å². The lowest BCUT2D eigenvalue weighted by Crippen LogP contribution is -2.47. The molecule has 2 heterocycles. The molecule has 0 spiro atoms. The number of hydrogen-bond donors (Lipinski definition) is 2. The Hall–Kier alpha value is -1.66. The van der Waals surface area contributed by atoms with Crippen LogP contribution in [-0.2, 0) is 4.74 Å². The molecule has 0 aliphatic carbocycles. The SMILES string of the molecule is CC(C)(CO)[C@H]1Nc2ccc([N+](=O)[O-])cc2[C@H]2OCC[C@H]21. The first-order valence-electron chi connectivity index (χ1n) is 7.21. The summed E-state index contributed by atoms with van der Waals surface area (Å²) in [5.41, 5.74) is 1.53. The van der Waals surface area contributed by atoms with E-state index in [0.717, 1.165) is 17.7 Å². The van der Waals surface area contributed by atoms with Crippen molar-refractivity contribution < 1.29 is 14.8 Å². The maximum absolute atomic E-state index is 11.0. The molecular weight excluding hydrogens is 272 g/mol. The van der Waals surface area contributed by atoms with Gasteiger partial charge >= 0.3 is 0 Å². The second-order valence-corrected chi connectivity index (χ2v) is 6.54. The van der Waals surface area contributed by atoms with Gasteiger partial charge in [0.15, 0.2) is 0 Å². The Bertz CT molecular complexity index is 573. The van der Waals surface area contributed by atoms with Gasteiger partial charge in [-0.05, 0) is 12.5 Å². The van der Waals surface area contributed by atoms with Gasteiger partial charge in [0.25, 0.3) is 5.69 Å². The van der Waals surface area contributed by atoms with Crippen molar-refractivity contribution in [2.45, 2.75) is 32.4 Å². The summed E-state index contributed by atoms with van der Waals surface area (Å²) in [5, 5.41) is 24.1. The second kappa shape index (κ2) is 4.96. The number of nitro benzene ring substituents is 1. The van der Waals surface area contributed by atoms with Crippen LogP contribution >= 0.6 is 0 Å². The van der Waals surface area contributed by atoms with Crippen LogP contribution in [0.2, 0.25) is 0 Å². The van der Waals surface area contributed by atoms with Crippen LogP contribution in [0.15, 0.2) is 18.2 Å². The fraction of sp³-hybridized carbons (Fsp3) is 0.600. The van der Waals surface area contributed by atoms with Crippen LogP contribution in [0.25, 0.3) is 0 Å². The molecule has 21 heavy (non-hydrogen) atoms. The minimum atomic E-state index is -0.381. The van der Waals surface area contributed by atoms with E-state index < -0.39 is 0 Å². The van der Waals surface area contributed by atoms with Crippen LogP contribution < -0.4 is 5.32 Å². The first-order valence-corrected chi connectivity index (χ1v) is 7.21. The summed E-state index contributed by atoms with van der Waals surface area (Å²) in [4.78, 5) is 10.6. The van der Waals surface area contributed by atoms with E-state index in [0.29, 0.717) is 6.61 Å². The zero-order valence-electron chi connectivity index (χ0n) is 12.2. The minimum Gasteiger partial charge on any atom is -0.396 e. The number of non-ortho nitro benzene ring substituents is 1. The molecule has 114 valence electrons. The summed E-state index contributed by atoms with van der Waals surface area (Å²) >= 11 is 0. The topological polar surface area (TPSA) is 84.6 Å². The van der Waals surface area contributed by atoms with Gasteiger partial charge in [-0.3, -0.25) is 10.1 Å². The number of anilines is 1. The van der Waals surface area contributed by atoms with Crippen molar-refractivity contribution in [2.75, 3.05) is 18.5 Å². The Morgan fingerprint density at radius 2 is 2.29 bits per heavy atom. The van der Waals surface area contributed by atoms with Crippen LogP contribution in [0, 0.1) is 21.4 Å². The Morgan fingerprint density at radius 1 is 1.52 bits per heavy atom. The van der Waals surface area contributed by atoms with E-state index in [4.69, 9.17) is 4.74 Å². The average molecular weight is 292 g/mol. The molecular formula is C15H20N2O4. The van der Waals surface area contributed by atoms with Crippen molar-refractivity contribution >= 4 is 11.4 Å². The maximum Gasteiger partial charge on any atom is 0.269 e. The Morgan fingerprint density at radius 3 is 2.95 bits per heavy atom. The van der Waals surface area contributed by atoms with Gasteiger partial charge in [0.2, 0.25) is 0 Å². The highest BCUT2D eigenvalue weighted by molar-refractivity contribution is 5.60. The molecule has 0 radical (unpaired) electrons. The number of aliphatic hydroxyl groups is 1. The van der Waals surface area contributed by atoms with Crippen LogP contribution in [0.4, 0.5) is 11.4 Å². The van der Waals surface area contributed by atoms with E-state index in [2.05, 4.69) is 5.32 Å². The maximum atomic E-state index is 11.0. The normalized spacial score (nSPS) is 27.7. The van der Waals surface area contributed by atoms with E-state index in [1.165, 1.54) is 6.07 Å². The zero-order chi connectivity index (χ0) is 15.2. The van der Waals surface area contributed by atoms with E-state index in [1.54, 1.807) is 12.1 Å². The van der Waals surface area contributed by atoms with Crippen molar-refractivity contribution in [3.8, 4) is 0 Å². The molecule has 1 fully saturated rings. The molecule has 2 aliphatic rings. The number of nitrogens with one attached hydrogen (secondary N) is 1. The molecule has 1 aromatic rings. The lowest BCUT2D eigenvalue weighted by molar-refractivity contribution is -0.385. The first-order chi connectivity index (χ1) is 9.94. The van der Waals surface area contributed by atoms with Crippen LogP contribution in [-0.4, -0.2) is 29.3 Å². The number of aliphatic hydroxyl groups excluding tert-OH is 1. The van der Waals surface area contributed by atoms with Gasteiger partial charge in [-0.25, -0.2) is 0 Å². The Labute approximate surface area is 123 Å². The van der Waals surface area contributed by atoms with E-state index in [9.17, 15) is 15.2 Å². The molecule has 2 aliphatic heterocycles. The molecule has 3 rings (SSSR count). The van der Waals surface area contributed by atoms with E-state index >= 15 is 0 Å². The highest BCUT2D eigenvalue weighted by Gasteiger charge is 2.46. The van der Waals surface area contributed by atoms with E-state index in [-0.39, 0.29) is 40.7 Å². The smallest absolute Gasteiger partial charge is 0.269 e. The number of nitrogens with zero attached hydrogens (tertiary/aromatic N) is 1. The number of rotatable bonds is 3. The summed E-state index contributed by atoms with van der Waals surface area (Å²) in [6, 6.07) is 4.94. The van der Waals surface area contributed by atoms with Crippen LogP contribution in [0.1, 0.15) is 31.9 Å². The van der Waals surface area contributed by atoms with Gasteiger partial charge in [-0.2, -0.15) is 0 Å². The lowest BCUT2D eigenvalue weighted by Gasteiger charge is -2.43. The van der Waals surface area contributed by atoms with Gasteiger partial charge in [0.05, 0.1) is 17.6 Å². The monoisotopic (exact) mass is 292 g/mol. The molecule has 6 heteroatoms. The van der Waals surface area contributed by atoms with Gasteiger partial charge in [0.1, 0.15) is 0 Å². The third kappa shape index (κ3) is 2.28. The van der Waals surface area contributed by atoms with Crippen molar-refractivity contribution in [3.63, 3.8) is 0 Å². The fourth-order valence-corrected chi connectivity index (χ4v) is 3.45. The number of hydrogen-bond acceptors (Lipinski definition) is 5. The van der Waals surface area contributed by atoms with E-state index in [1.807, 2.05) is 13.8 Å². The molecule has 6 nitrogen and oxygen atoms in total. The molecule has 1 saturated heterocycles. The number of nitro groups is 1. The number of benzene rings is 1. The van der Waals surface area contributed by atoms with Crippen molar-refractivity contribution in [1.82, 2.24) is 0 Å². The quantitative estimate of drug-likeness (QED) is 0.660. The van der Waals surface area contributed by atoms with Crippen molar-refractivity contribution in [1.29, 1.82) is 0 Å². The molecule has 3 atom stereocenters. The predicted octanol–water partition coefficient (Wildman–Crippen LogP) is 2.49. The number of ether oxygens (including phenoxy) is 1. The molecule has 0 unspecified atom stereocenters. The summed E-state index contributed by atoms with van der Waals surface area (Å²) in [7, 11) is 0. The molecule has 1 aromatic carbocycles. The molecule has 0 aromatic heterocycles. The predicted molar refractivity (Wildman–Crippen MR) is 78.2 cm³/mol. The molecule has 0 saturated carbocycles. The second-order valence-electron chi connectivity index (χ2n) is 6.54. The first kappa shape index (κ1) is 14.3. The van der Waals surface area contributed by atoms with Crippen molar-refractivity contribution in [2.24, 2.45) is 11.3 Å². The summed E-state index contributed by atoms with van der Waals surface area (Å²) < 4.78 is 5.84. The van der Waals surface area contributed by atoms with Crippen LogP contribution in [0.5, 0.6) is 0 Å². The Balaban J connectivity index is 2.03. The highest BCUT2D eigenvalue weighted by atomic mass is 16.6. The largest absolute Gasteiger partial charge is 0.396 e. The standard InChI is InChI=1S/C15H20N2O4/c1-15(2,8-18)14-10-5-6-21-13(10)11-7-9(17(19)20)3-4-12(11)16-14/h3-4,7,10,13-14,16,18H,5-6,8H2,1-2H3/t10-,13+,14+/m1/s1. The molecule has 0 amide bonds. The lowest BCUT2D eigenvalue weighted by atomic mass is 9.72. The Kier molecular flexibility index (Phi) is 3.37. The summed E-state index contributed by atoms with van der Waals surface area (Å²) in [6.07, 6.45) is 0.769. The molecule has 0 bridgehead atoms. The van der Waals surface area contributed by atoms with Crippen molar-refractivity contribution in [3.05, 3.63) is 33.9 Å². The fourth-order valence-electron chi connectivity index (χ4n) is 3.45. The minimum absolute atomic E-state index is 0.0796. The van der Waals surface area contributed by atoms with Gasteiger partial charge in [-0.1, -0.05) is 13.8 Å². The summed E-state index contributed by atoms with van der Waals surface area (Å²) in [6.45, 7) is 4.78. The molecule has 2 N–H and O–H groups in total. The number of fused-ring (bicyclic) bond motifs is 3. The van der Waals surface area contributed by atoms with Gasteiger partial charge < -0.3 is 15.2 Å². The average Bonchev–Trinajstić information content (AvgIpc) is 2.95. The zero-order valence-corrected chi connectivity index (χ0v) is 12.2.